The van der Waals surface area contributed by atoms with Gasteiger partial charge in [-0.25, -0.2) is 9.59 Å². The molecular weight excluding hydrogens is 226 g/mol. The second-order valence-corrected chi connectivity index (χ2v) is 4.47. The first kappa shape index (κ1) is 15.4. The van der Waals surface area contributed by atoms with Crippen molar-refractivity contribution >= 4 is 18.3 Å². The number of carbonyl (C=O) groups is 3. The van der Waals surface area contributed by atoms with Gasteiger partial charge in [-0.2, -0.15) is 0 Å². The molecule has 0 heterocycles. The third-order valence-corrected chi connectivity index (χ3v) is 1.75. The molecule has 6 nitrogen and oxygen atoms in total. The number of aldehydes is 1. The highest BCUT2D eigenvalue weighted by Gasteiger charge is 2.24. The maximum absolute atomic E-state index is 11.4. The lowest BCUT2D eigenvalue weighted by Gasteiger charge is -2.22. The number of hydrogen-bond acceptors (Lipinski definition) is 5. The van der Waals surface area contributed by atoms with Gasteiger partial charge in [0.05, 0.1) is 7.11 Å². The molecule has 0 spiro atoms. The molecule has 0 saturated heterocycles. The molecule has 98 valence electrons. The van der Waals surface area contributed by atoms with Gasteiger partial charge in [-0.1, -0.05) is 0 Å². The van der Waals surface area contributed by atoms with Crippen molar-refractivity contribution in [2.45, 2.75) is 45.3 Å². The third-order valence-electron chi connectivity index (χ3n) is 1.75. The van der Waals surface area contributed by atoms with Crippen molar-refractivity contribution in [2.24, 2.45) is 0 Å². The molecule has 0 aromatic carbocycles. The molecule has 0 aliphatic carbocycles. The van der Waals surface area contributed by atoms with Gasteiger partial charge in [0.25, 0.3) is 0 Å². The molecule has 0 bridgehead atoms. The van der Waals surface area contributed by atoms with Crippen molar-refractivity contribution in [1.82, 2.24) is 5.32 Å². The number of rotatable bonds is 5. The smallest absolute Gasteiger partial charge is 0.408 e. The lowest BCUT2D eigenvalue weighted by atomic mass is 10.1. The molecule has 0 aliphatic rings. The van der Waals surface area contributed by atoms with Gasteiger partial charge in [-0.15, -0.1) is 0 Å². The monoisotopic (exact) mass is 245 g/mol. The largest absolute Gasteiger partial charge is 0.467 e. The number of esters is 1. The van der Waals surface area contributed by atoms with Crippen LogP contribution >= 0.6 is 0 Å². The van der Waals surface area contributed by atoms with Crippen LogP contribution in [0.25, 0.3) is 0 Å². The highest BCUT2D eigenvalue weighted by molar-refractivity contribution is 5.81. The summed E-state index contributed by atoms with van der Waals surface area (Å²) < 4.78 is 9.51. The topological polar surface area (TPSA) is 81.7 Å². The van der Waals surface area contributed by atoms with Gasteiger partial charge in [-0.05, 0) is 27.2 Å². The number of alkyl carbamates (subject to hydrolysis) is 1. The fraction of sp³-hybridized carbons (Fsp3) is 0.727. The van der Waals surface area contributed by atoms with E-state index in [0.29, 0.717) is 6.29 Å². The fourth-order valence-electron chi connectivity index (χ4n) is 1.08. The van der Waals surface area contributed by atoms with E-state index in [2.05, 4.69) is 10.1 Å². The summed E-state index contributed by atoms with van der Waals surface area (Å²) in [5, 5.41) is 2.36. The van der Waals surface area contributed by atoms with Gasteiger partial charge in [0.15, 0.2) is 0 Å². The van der Waals surface area contributed by atoms with E-state index in [1.165, 1.54) is 7.11 Å². The molecule has 17 heavy (non-hydrogen) atoms. The minimum Gasteiger partial charge on any atom is -0.467 e. The van der Waals surface area contributed by atoms with Crippen molar-refractivity contribution in [3.63, 3.8) is 0 Å². The van der Waals surface area contributed by atoms with Crippen molar-refractivity contribution in [3.05, 3.63) is 0 Å². The Morgan fingerprint density at radius 3 is 2.35 bits per heavy atom. The van der Waals surface area contributed by atoms with E-state index < -0.39 is 23.7 Å². The molecule has 0 aromatic rings. The zero-order chi connectivity index (χ0) is 13.5. The fourth-order valence-corrected chi connectivity index (χ4v) is 1.08. The number of amides is 1. The van der Waals surface area contributed by atoms with Crippen LogP contribution in [-0.4, -0.2) is 37.1 Å². The third kappa shape index (κ3) is 7.32. The molecule has 0 fully saturated rings. The van der Waals surface area contributed by atoms with Crippen molar-refractivity contribution in [1.29, 1.82) is 0 Å². The standard InChI is InChI=1S/C11H19NO5/c1-11(2,3)17-10(15)12-8(6-5-7-13)9(14)16-4/h7-8H,5-6H2,1-4H3,(H,12,15)/t8-/m1/s1. The van der Waals surface area contributed by atoms with E-state index in [4.69, 9.17) is 4.74 Å². The van der Waals surface area contributed by atoms with E-state index in [9.17, 15) is 14.4 Å². The van der Waals surface area contributed by atoms with Crippen LogP contribution < -0.4 is 5.32 Å². The van der Waals surface area contributed by atoms with Gasteiger partial charge in [0, 0.05) is 6.42 Å². The van der Waals surface area contributed by atoms with E-state index in [-0.39, 0.29) is 12.8 Å². The molecule has 0 saturated carbocycles. The molecule has 1 atom stereocenters. The first-order valence-electron chi connectivity index (χ1n) is 5.31. The molecule has 0 unspecified atom stereocenters. The second kappa shape index (κ2) is 6.88. The minimum absolute atomic E-state index is 0.162. The highest BCUT2D eigenvalue weighted by atomic mass is 16.6. The maximum Gasteiger partial charge on any atom is 0.408 e. The molecule has 0 aliphatic heterocycles. The SMILES string of the molecule is COC(=O)[C@@H](CCC=O)NC(=O)OC(C)(C)C. The summed E-state index contributed by atoms with van der Waals surface area (Å²) in [6.45, 7) is 5.14. The first-order chi connectivity index (χ1) is 7.80. The van der Waals surface area contributed by atoms with Crippen molar-refractivity contribution < 1.29 is 23.9 Å². The van der Waals surface area contributed by atoms with E-state index >= 15 is 0 Å². The Morgan fingerprint density at radius 2 is 1.94 bits per heavy atom. The zero-order valence-electron chi connectivity index (χ0n) is 10.6. The van der Waals surface area contributed by atoms with Crippen LogP contribution in [-0.2, 0) is 19.1 Å². The Bertz CT molecular complexity index is 282. The normalized spacial score (nSPS) is 12.5. The Labute approximate surface area is 101 Å². The second-order valence-electron chi connectivity index (χ2n) is 4.47. The molecule has 1 amide bonds. The quantitative estimate of drug-likeness (QED) is 0.578. The number of methoxy groups -OCH3 is 1. The Hall–Kier alpha value is -1.59. The van der Waals surface area contributed by atoms with Crippen LogP contribution in [0.1, 0.15) is 33.6 Å². The van der Waals surface area contributed by atoms with Crippen molar-refractivity contribution in [3.8, 4) is 0 Å². The predicted molar refractivity (Wildman–Crippen MR) is 60.5 cm³/mol. The molecule has 0 radical (unpaired) electrons. The number of hydrogen-bond donors (Lipinski definition) is 1. The molecule has 0 rings (SSSR count). The lowest BCUT2D eigenvalue weighted by Crippen LogP contribution is -2.44. The van der Waals surface area contributed by atoms with Gasteiger partial charge >= 0.3 is 12.1 Å². The van der Waals surface area contributed by atoms with Gasteiger partial charge in [0.1, 0.15) is 17.9 Å². The summed E-state index contributed by atoms with van der Waals surface area (Å²) in [4.78, 5) is 33.0. The summed E-state index contributed by atoms with van der Waals surface area (Å²) in [7, 11) is 1.22. The number of nitrogens with one attached hydrogen (secondary N) is 1. The Kier molecular flexibility index (Phi) is 6.23. The van der Waals surface area contributed by atoms with Crippen LogP contribution in [0.15, 0.2) is 0 Å². The van der Waals surface area contributed by atoms with Crippen LogP contribution in [0.4, 0.5) is 4.79 Å². The average molecular weight is 245 g/mol. The average Bonchev–Trinajstić information content (AvgIpc) is 2.20. The van der Waals surface area contributed by atoms with E-state index in [0.717, 1.165) is 0 Å². The summed E-state index contributed by atoms with van der Waals surface area (Å²) >= 11 is 0. The van der Waals surface area contributed by atoms with Crippen molar-refractivity contribution in [2.75, 3.05) is 7.11 Å². The van der Waals surface area contributed by atoms with Gasteiger partial charge in [0.2, 0.25) is 0 Å². The maximum atomic E-state index is 11.4. The molecule has 0 aromatic heterocycles. The van der Waals surface area contributed by atoms with Crippen LogP contribution in [0, 0.1) is 0 Å². The van der Waals surface area contributed by atoms with E-state index in [1.807, 2.05) is 0 Å². The Morgan fingerprint density at radius 1 is 1.35 bits per heavy atom. The molecular formula is C11H19NO5. The summed E-state index contributed by atoms with van der Waals surface area (Å²) in [6.07, 6.45) is 0.316. The van der Waals surface area contributed by atoms with Gasteiger partial charge < -0.3 is 19.6 Å². The van der Waals surface area contributed by atoms with Crippen LogP contribution in [0.3, 0.4) is 0 Å². The van der Waals surface area contributed by atoms with E-state index in [1.54, 1.807) is 20.8 Å². The number of carbonyl (C=O) groups excluding carboxylic acids is 3. The molecule has 1 N–H and O–H groups in total. The molecule has 6 heteroatoms. The highest BCUT2D eigenvalue weighted by Crippen LogP contribution is 2.07. The first-order valence-corrected chi connectivity index (χ1v) is 5.31. The summed E-state index contributed by atoms with van der Waals surface area (Å²) in [5.41, 5.74) is -0.643. The predicted octanol–water partition coefficient (Wildman–Crippen LogP) is 1.03. The van der Waals surface area contributed by atoms with Gasteiger partial charge in [-0.3, -0.25) is 0 Å². The lowest BCUT2D eigenvalue weighted by molar-refractivity contribution is -0.143. The minimum atomic E-state index is -0.861. The van der Waals surface area contributed by atoms with Crippen LogP contribution in [0.2, 0.25) is 0 Å². The Balaban J connectivity index is 4.37. The zero-order valence-corrected chi connectivity index (χ0v) is 10.6. The summed E-state index contributed by atoms with van der Waals surface area (Å²) in [6, 6.07) is -0.861. The van der Waals surface area contributed by atoms with Crippen LogP contribution in [0.5, 0.6) is 0 Å². The summed E-state index contributed by atoms with van der Waals surface area (Å²) in [5.74, 6) is -0.599. The number of ether oxygens (including phenoxy) is 2.